The van der Waals surface area contributed by atoms with Gasteiger partial charge in [0.15, 0.2) is 0 Å². The molecule has 1 aromatic heterocycles. The topological polar surface area (TPSA) is 42.1 Å². The van der Waals surface area contributed by atoms with Gasteiger partial charge in [0.25, 0.3) is 0 Å². The van der Waals surface area contributed by atoms with Crippen molar-refractivity contribution in [2.24, 2.45) is 0 Å². The van der Waals surface area contributed by atoms with Crippen LogP contribution >= 0.6 is 0 Å². The monoisotopic (exact) mass is 221 g/mol. The summed E-state index contributed by atoms with van der Waals surface area (Å²) in [6.07, 6.45) is 0. The molecule has 2 aromatic rings. The number of hydrogen-bond acceptors (Lipinski definition) is 2. The van der Waals surface area contributed by atoms with Crippen LogP contribution < -0.4 is 0 Å². The summed E-state index contributed by atoms with van der Waals surface area (Å²) in [6, 6.07) is 2.95. The highest BCUT2D eigenvalue weighted by atomic mass is 19.1. The summed E-state index contributed by atoms with van der Waals surface area (Å²) < 4.78 is 18.0. The van der Waals surface area contributed by atoms with E-state index in [0.717, 1.165) is 0 Å². The highest BCUT2D eigenvalue weighted by Crippen LogP contribution is 2.26. The molecule has 0 saturated heterocycles. The fourth-order valence-electron chi connectivity index (χ4n) is 1.87. The normalized spacial score (nSPS) is 10.8. The zero-order chi connectivity index (χ0) is 11.9. The highest BCUT2D eigenvalue weighted by Gasteiger charge is 2.18. The summed E-state index contributed by atoms with van der Waals surface area (Å²) in [4.78, 5) is 14.6. The van der Waals surface area contributed by atoms with Crippen LogP contribution in [0.3, 0.4) is 0 Å². The van der Waals surface area contributed by atoms with E-state index in [4.69, 9.17) is 4.74 Å². The standard InChI is InChI=1S/C12H12FNO2/c1-6-9(13)5-4-8-10(12(15)16-3)7(2)14-11(6)8/h4-5,14H,1-3H3. The fourth-order valence-corrected chi connectivity index (χ4v) is 1.87. The van der Waals surface area contributed by atoms with Crippen molar-refractivity contribution in [3.8, 4) is 0 Å². The molecule has 4 heteroatoms. The second-order valence-electron chi connectivity index (χ2n) is 3.71. The molecule has 0 bridgehead atoms. The maximum atomic E-state index is 13.3. The lowest BCUT2D eigenvalue weighted by Gasteiger charge is -2.00. The molecule has 0 aliphatic rings. The fraction of sp³-hybridized carbons (Fsp3) is 0.250. The number of aryl methyl sites for hydroxylation is 2. The first kappa shape index (κ1) is 10.7. The lowest BCUT2D eigenvalue weighted by atomic mass is 10.1. The molecule has 0 amide bonds. The number of H-pyrrole nitrogens is 1. The van der Waals surface area contributed by atoms with Gasteiger partial charge in [0, 0.05) is 16.6 Å². The number of hydrogen-bond donors (Lipinski definition) is 1. The first-order valence-electron chi connectivity index (χ1n) is 4.92. The molecule has 0 radical (unpaired) electrons. The summed E-state index contributed by atoms with van der Waals surface area (Å²) in [5.74, 6) is -0.695. The Morgan fingerprint density at radius 2 is 2.06 bits per heavy atom. The van der Waals surface area contributed by atoms with Crippen molar-refractivity contribution in [1.29, 1.82) is 0 Å². The van der Waals surface area contributed by atoms with E-state index in [0.29, 0.717) is 27.7 Å². The number of benzene rings is 1. The van der Waals surface area contributed by atoms with Gasteiger partial charge in [0.2, 0.25) is 0 Å². The number of carbonyl (C=O) groups excluding carboxylic acids is 1. The number of ether oxygens (including phenoxy) is 1. The van der Waals surface area contributed by atoms with Gasteiger partial charge in [-0.15, -0.1) is 0 Å². The molecule has 2 rings (SSSR count). The molecule has 0 unspecified atom stereocenters. The highest BCUT2D eigenvalue weighted by molar-refractivity contribution is 6.06. The number of carbonyl (C=O) groups is 1. The number of methoxy groups -OCH3 is 1. The summed E-state index contributed by atoms with van der Waals surface area (Å²) in [5.41, 5.74) is 2.32. The van der Waals surface area contributed by atoms with Crippen molar-refractivity contribution in [1.82, 2.24) is 4.98 Å². The van der Waals surface area contributed by atoms with Crippen LogP contribution in [0.4, 0.5) is 4.39 Å². The van der Waals surface area contributed by atoms with Crippen LogP contribution in [-0.4, -0.2) is 18.1 Å². The molecule has 16 heavy (non-hydrogen) atoms. The minimum absolute atomic E-state index is 0.287. The largest absolute Gasteiger partial charge is 0.465 e. The van der Waals surface area contributed by atoms with Gasteiger partial charge in [-0.25, -0.2) is 9.18 Å². The van der Waals surface area contributed by atoms with Crippen LogP contribution in [0.25, 0.3) is 10.9 Å². The minimum atomic E-state index is -0.408. The number of aromatic amines is 1. The van der Waals surface area contributed by atoms with Crippen molar-refractivity contribution in [3.63, 3.8) is 0 Å². The molecule has 0 fully saturated rings. The average molecular weight is 221 g/mol. The quantitative estimate of drug-likeness (QED) is 0.752. The van der Waals surface area contributed by atoms with Crippen LogP contribution in [0.2, 0.25) is 0 Å². The zero-order valence-corrected chi connectivity index (χ0v) is 9.35. The van der Waals surface area contributed by atoms with E-state index in [-0.39, 0.29) is 5.82 Å². The molecule has 3 nitrogen and oxygen atoms in total. The molecule has 0 spiro atoms. The predicted octanol–water partition coefficient (Wildman–Crippen LogP) is 2.71. The third-order valence-electron chi connectivity index (χ3n) is 2.75. The molecular weight excluding hydrogens is 209 g/mol. The van der Waals surface area contributed by atoms with Crippen LogP contribution in [0, 0.1) is 19.7 Å². The number of halogens is 1. The van der Waals surface area contributed by atoms with Crippen LogP contribution in [0.5, 0.6) is 0 Å². The zero-order valence-electron chi connectivity index (χ0n) is 9.35. The second-order valence-corrected chi connectivity index (χ2v) is 3.71. The summed E-state index contributed by atoms with van der Waals surface area (Å²) in [5, 5.41) is 0.697. The van der Waals surface area contributed by atoms with E-state index in [9.17, 15) is 9.18 Å². The average Bonchev–Trinajstić information content (AvgIpc) is 2.60. The Balaban J connectivity index is 2.82. The van der Waals surface area contributed by atoms with E-state index in [1.54, 1.807) is 19.9 Å². The Morgan fingerprint density at radius 1 is 1.38 bits per heavy atom. The smallest absolute Gasteiger partial charge is 0.340 e. The molecule has 1 heterocycles. The third kappa shape index (κ3) is 1.38. The van der Waals surface area contributed by atoms with Crippen molar-refractivity contribution in [2.75, 3.05) is 7.11 Å². The lowest BCUT2D eigenvalue weighted by Crippen LogP contribution is -2.02. The Morgan fingerprint density at radius 3 is 2.69 bits per heavy atom. The number of rotatable bonds is 1. The van der Waals surface area contributed by atoms with Gasteiger partial charge in [0.1, 0.15) is 5.82 Å². The molecule has 0 aliphatic carbocycles. The van der Waals surface area contributed by atoms with Crippen molar-refractivity contribution in [2.45, 2.75) is 13.8 Å². The molecule has 1 aromatic carbocycles. The third-order valence-corrected chi connectivity index (χ3v) is 2.75. The second kappa shape index (κ2) is 3.63. The van der Waals surface area contributed by atoms with E-state index in [1.807, 2.05) is 0 Å². The van der Waals surface area contributed by atoms with Crippen LogP contribution in [0.15, 0.2) is 12.1 Å². The number of nitrogens with one attached hydrogen (secondary N) is 1. The Labute approximate surface area is 92.2 Å². The van der Waals surface area contributed by atoms with Crippen LogP contribution in [0.1, 0.15) is 21.6 Å². The van der Waals surface area contributed by atoms with Gasteiger partial charge in [0.05, 0.1) is 18.2 Å². The predicted molar refractivity (Wildman–Crippen MR) is 59.1 cm³/mol. The van der Waals surface area contributed by atoms with Gasteiger partial charge in [-0.3, -0.25) is 0 Å². The van der Waals surface area contributed by atoms with Crippen LogP contribution in [-0.2, 0) is 4.74 Å². The molecule has 0 saturated carbocycles. The Kier molecular flexibility index (Phi) is 2.42. The van der Waals surface area contributed by atoms with E-state index < -0.39 is 5.97 Å². The maximum absolute atomic E-state index is 13.3. The Bertz CT molecular complexity index is 572. The first-order chi connectivity index (χ1) is 7.56. The number of aromatic nitrogens is 1. The Hall–Kier alpha value is -1.84. The molecule has 0 atom stereocenters. The van der Waals surface area contributed by atoms with Gasteiger partial charge < -0.3 is 9.72 Å². The van der Waals surface area contributed by atoms with Gasteiger partial charge in [-0.1, -0.05) is 0 Å². The summed E-state index contributed by atoms with van der Waals surface area (Å²) in [6.45, 7) is 3.44. The number of esters is 1. The number of fused-ring (bicyclic) bond motifs is 1. The lowest BCUT2D eigenvalue weighted by molar-refractivity contribution is 0.0602. The molecular formula is C12H12FNO2. The van der Waals surface area contributed by atoms with Crippen molar-refractivity contribution >= 4 is 16.9 Å². The van der Waals surface area contributed by atoms with Gasteiger partial charge in [-0.2, -0.15) is 0 Å². The van der Waals surface area contributed by atoms with E-state index in [2.05, 4.69) is 4.98 Å². The van der Waals surface area contributed by atoms with Gasteiger partial charge >= 0.3 is 5.97 Å². The van der Waals surface area contributed by atoms with E-state index in [1.165, 1.54) is 13.2 Å². The summed E-state index contributed by atoms with van der Waals surface area (Å²) >= 11 is 0. The maximum Gasteiger partial charge on any atom is 0.340 e. The van der Waals surface area contributed by atoms with Crippen molar-refractivity contribution in [3.05, 3.63) is 34.8 Å². The van der Waals surface area contributed by atoms with E-state index >= 15 is 0 Å². The first-order valence-corrected chi connectivity index (χ1v) is 4.92. The van der Waals surface area contributed by atoms with Crippen molar-refractivity contribution < 1.29 is 13.9 Å². The minimum Gasteiger partial charge on any atom is -0.465 e. The molecule has 0 aliphatic heterocycles. The molecule has 1 N–H and O–H groups in total. The summed E-state index contributed by atoms with van der Waals surface area (Å²) in [7, 11) is 1.33. The molecule has 84 valence electrons. The SMILES string of the molecule is COC(=O)c1c(C)[nH]c2c(C)c(F)ccc12. The van der Waals surface area contributed by atoms with Gasteiger partial charge in [-0.05, 0) is 26.0 Å².